The van der Waals surface area contributed by atoms with E-state index in [0.29, 0.717) is 12.2 Å². The number of benzene rings is 3. The Morgan fingerprint density at radius 3 is 2.52 bits per heavy atom. The molecular formula is C29H31NO3. The van der Waals surface area contributed by atoms with Crippen molar-refractivity contribution in [2.45, 2.75) is 52.7 Å². The summed E-state index contributed by atoms with van der Waals surface area (Å²) >= 11 is 0. The van der Waals surface area contributed by atoms with Gasteiger partial charge >= 0.3 is 0 Å². The Balaban J connectivity index is 1.47. The molecule has 1 saturated heterocycles. The van der Waals surface area contributed by atoms with Crippen molar-refractivity contribution in [3.63, 3.8) is 0 Å². The zero-order valence-electron chi connectivity index (χ0n) is 19.7. The lowest BCUT2D eigenvalue weighted by Gasteiger charge is -2.13. The van der Waals surface area contributed by atoms with E-state index < -0.39 is 0 Å². The van der Waals surface area contributed by atoms with Crippen LogP contribution < -0.4 is 4.74 Å². The molecule has 0 saturated carbocycles. The number of aromatic nitrogens is 1. The lowest BCUT2D eigenvalue weighted by molar-refractivity contribution is 0.0679. The normalized spacial score (nSPS) is 16.0. The van der Waals surface area contributed by atoms with E-state index in [1.807, 2.05) is 31.2 Å². The third-order valence-electron chi connectivity index (χ3n) is 6.82. The van der Waals surface area contributed by atoms with E-state index in [9.17, 15) is 4.79 Å². The molecule has 1 aromatic heterocycles. The average Bonchev–Trinajstić information content (AvgIpc) is 3.47. The standard InChI is InChI=1S/C29H31NO3/c1-4-20-8-12-27-25(16-20)26-17-21(9-13-28(26)30(27)5-2)29(31)24-11-10-22(15-19(24)3)33-18-23-7-6-14-32-23/h8-13,15-17,23H,4-7,14,18H2,1-3H3. The first-order valence-electron chi connectivity index (χ1n) is 12.0. The molecule has 1 atom stereocenters. The van der Waals surface area contributed by atoms with Crippen molar-refractivity contribution in [1.29, 1.82) is 0 Å². The maximum Gasteiger partial charge on any atom is 0.193 e. The Hall–Kier alpha value is -3.11. The van der Waals surface area contributed by atoms with E-state index in [-0.39, 0.29) is 11.9 Å². The van der Waals surface area contributed by atoms with E-state index in [1.54, 1.807) is 0 Å². The molecule has 0 radical (unpaired) electrons. The Labute approximate surface area is 195 Å². The van der Waals surface area contributed by atoms with Crippen molar-refractivity contribution in [3.8, 4) is 5.75 Å². The minimum absolute atomic E-state index is 0.0455. The zero-order valence-corrected chi connectivity index (χ0v) is 19.7. The quantitative estimate of drug-likeness (QED) is 0.308. The molecule has 5 rings (SSSR count). The second-order valence-electron chi connectivity index (χ2n) is 8.93. The maximum atomic E-state index is 13.5. The molecule has 0 N–H and O–H groups in total. The van der Waals surface area contributed by atoms with Crippen molar-refractivity contribution < 1.29 is 14.3 Å². The molecule has 33 heavy (non-hydrogen) atoms. The van der Waals surface area contributed by atoms with Crippen LogP contribution in [-0.4, -0.2) is 29.7 Å². The van der Waals surface area contributed by atoms with Gasteiger partial charge in [0.15, 0.2) is 5.78 Å². The molecule has 0 spiro atoms. The third-order valence-corrected chi connectivity index (χ3v) is 6.82. The van der Waals surface area contributed by atoms with Crippen LogP contribution in [0.2, 0.25) is 0 Å². The number of hydrogen-bond donors (Lipinski definition) is 0. The van der Waals surface area contributed by atoms with Gasteiger partial charge in [0, 0.05) is 46.1 Å². The predicted molar refractivity (Wildman–Crippen MR) is 134 cm³/mol. The molecule has 1 fully saturated rings. The molecule has 0 bridgehead atoms. The van der Waals surface area contributed by atoms with Crippen molar-refractivity contribution in [2.75, 3.05) is 13.2 Å². The molecule has 3 aromatic carbocycles. The van der Waals surface area contributed by atoms with E-state index in [1.165, 1.54) is 22.0 Å². The number of nitrogens with zero attached hydrogens (tertiary/aromatic N) is 1. The van der Waals surface area contributed by atoms with Gasteiger partial charge in [-0.25, -0.2) is 0 Å². The molecule has 2 heterocycles. The second-order valence-corrected chi connectivity index (χ2v) is 8.93. The summed E-state index contributed by atoms with van der Waals surface area (Å²) in [4.78, 5) is 13.5. The second kappa shape index (κ2) is 9.03. The van der Waals surface area contributed by atoms with E-state index in [4.69, 9.17) is 9.47 Å². The highest BCUT2D eigenvalue weighted by Crippen LogP contribution is 2.32. The average molecular weight is 442 g/mol. The van der Waals surface area contributed by atoms with Crippen molar-refractivity contribution >= 4 is 27.6 Å². The molecule has 1 aliphatic rings. The molecule has 0 aliphatic carbocycles. The lowest BCUT2D eigenvalue weighted by atomic mass is 9.97. The topological polar surface area (TPSA) is 40.5 Å². The van der Waals surface area contributed by atoms with E-state index >= 15 is 0 Å². The number of hydrogen-bond acceptors (Lipinski definition) is 3. The SMILES string of the molecule is CCc1ccc2c(c1)c1cc(C(=O)c3ccc(OCC4CCCO4)cc3C)ccc1n2CC. The van der Waals surface area contributed by atoms with Gasteiger partial charge in [-0.2, -0.15) is 0 Å². The summed E-state index contributed by atoms with van der Waals surface area (Å²) < 4.78 is 13.9. The number of carbonyl (C=O) groups is 1. The van der Waals surface area contributed by atoms with Crippen LogP contribution in [0.1, 0.15) is 53.7 Å². The Morgan fingerprint density at radius 1 is 1.03 bits per heavy atom. The first kappa shape index (κ1) is 21.7. The summed E-state index contributed by atoms with van der Waals surface area (Å²) in [5.74, 6) is 0.831. The van der Waals surface area contributed by atoms with E-state index in [2.05, 4.69) is 48.7 Å². The highest BCUT2D eigenvalue weighted by atomic mass is 16.5. The Kier molecular flexibility index (Phi) is 5.94. The fourth-order valence-corrected chi connectivity index (χ4v) is 4.95. The molecule has 4 nitrogen and oxygen atoms in total. The fraction of sp³-hybridized carbons (Fsp3) is 0.345. The largest absolute Gasteiger partial charge is 0.491 e. The Morgan fingerprint density at radius 2 is 1.82 bits per heavy atom. The molecule has 4 aromatic rings. The van der Waals surface area contributed by atoms with Crippen LogP contribution >= 0.6 is 0 Å². The highest BCUT2D eigenvalue weighted by molar-refractivity contribution is 6.15. The van der Waals surface area contributed by atoms with Crippen molar-refractivity contribution in [1.82, 2.24) is 4.57 Å². The van der Waals surface area contributed by atoms with Crippen LogP contribution in [0.5, 0.6) is 5.75 Å². The minimum Gasteiger partial charge on any atom is -0.491 e. The molecule has 170 valence electrons. The highest BCUT2D eigenvalue weighted by Gasteiger charge is 2.18. The zero-order chi connectivity index (χ0) is 22.9. The van der Waals surface area contributed by atoms with Gasteiger partial charge < -0.3 is 14.0 Å². The van der Waals surface area contributed by atoms with Crippen LogP contribution in [0, 0.1) is 6.92 Å². The molecule has 0 amide bonds. The van der Waals surface area contributed by atoms with Gasteiger partial charge in [-0.05, 0) is 92.8 Å². The van der Waals surface area contributed by atoms with Crippen molar-refractivity contribution in [3.05, 3.63) is 76.9 Å². The fourth-order valence-electron chi connectivity index (χ4n) is 4.95. The third kappa shape index (κ3) is 4.04. The summed E-state index contributed by atoms with van der Waals surface area (Å²) in [5.41, 5.74) is 6.06. The summed E-state index contributed by atoms with van der Waals surface area (Å²) in [6, 6.07) is 18.5. The molecule has 1 aliphatic heterocycles. The number of ketones is 1. The van der Waals surface area contributed by atoms with Gasteiger partial charge in [0.2, 0.25) is 0 Å². The van der Waals surface area contributed by atoms with Crippen LogP contribution in [0.4, 0.5) is 0 Å². The number of aryl methyl sites for hydroxylation is 3. The van der Waals surface area contributed by atoms with Crippen LogP contribution in [0.15, 0.2) is 54.6 Å². The molecule has 4 heteroatoms. The summed E-state index contributed by atoms with van der Waals surface area (Å²) in [5, 5.41) is 2.36. The van der Waals surface area contributed by atoms with Gasteiger partial charge in [-0.3, -0.25) is 4.79 Å². The summed E-state index contributed by atoms with van der Waals surface area (Å²) in [6.45, 7) is 8.59. The number of fused-ring (bicyclic) bond motifs is 3. The van der Waals surface area contributed by atoms with Gasteiger partial charge in [0.25, 0.3) is 0 Å². The van der Waals surface area contributed by atoms with E-state index in [0.717, 1.165) is 54.7 Å². The number of rotatable bonds is 7. The first-order valence-corrected chi connectivity index (χ1v) is 12.0. The lowest BCUT2D eigenvalue weighted by Crippen LogP contribution is -2.16. The Bertz CT molecular complexity index is 1330. The van der Waals surface area contributed by atoms with Gasteiger partial charge in [-0.1, -0.05) is 13.0 Å². The van der Waals surface area contributed by atoms with Crippen molar-refractivity contribution in [2.24, 2.45) is 0 Å². The maximum absolute atomic E-state index is 13.5. The van der Waals surface area contributed by atoms with Gasteiger partial charge in [0.05, 0.1) is 6.10 Å². The van der Waals surface area contributed by atoms with Crippen LogP contribution in [0.3, 0.4) is 0 Å². The van der Waals surface area contributed by atoms with Crippen LogP contribution in [0.25, 0.3) is 21.8 Å². The molecular weight excluding hydrogens is 410 g/mol. The smallest absolute Gasteiger partial charge is 0.193 e. The minimum atomic E-state index is 0.0455. The number of ether oxygens (including phenoxy) is 2. The predicted octanol–water partition coefficient (Wildman–Crippen LogP) is 6.47. The van der Waals surface area contributed by atoms with Crippen LogP contribution in [-0.2, 0) is 17.7 Å². The van der Waals surface area contributed by atoms with Gasteiger partial charge in [0.1, 0.15) is 12.4 Å². The van der Waals surface area contributed by atoms with Gasteiger partial charge in [-0.15, -0.1) is 0 Å². The number of carbonyl (C=O) groups excluding carboxylic acids is 1. The summed E-state index contributed by atoms with van der Waals surface area (Å²) in [6.07, 6.45) is 3.32. The monoisotopic (exact) mass is 441 g/mol. The molecule has 1 unspecified atom stereocenters. The summed E-state index contributed by atoms with van der Waals surface area (Å²) in [7, 11) is 0. The first-order chi connectivity index (χ1) is 16.1.